The molecule has 0 aromatic heterocycles. The minimum atomic E-state index is -5.16. The highest BCUT2D eigenvalue weighted by molar-refractivity contribution is 7.84. The van der Waals surface area contributed by atoms with Crippen LogP contribution < -0.4 is 14.8 Å². The fourth-order valence-electron chi connectivity index (χ4n) is 3.28. The van der Waals surface area contributed by atoms with Crippen LogP contribution in [0.5, 0.6) is 5.75 Å². The van der Waals surface area contributed by atoms with E-state index in [1.54, 1.807) is 5.32 Å². The zero-order valence-electron chi connectivity index (χ0n) is 19.2. The van der Waals surface area contributed by atoms with Crippen LogP contribution in [0.1, 0.15) is 31.4 Å². The van der Waals surface area contributed by atoms with Crippen molar-refractivity contribution in [3.8, 4) is 16.9 Å². The van der Waals surface area contributed by atoms with E-state index in [9.17, 15) is 40.0 Å². The first kappa shape index (κ1) is 27.3. The van der Waals surface area contributed by atoms with E-state index in [0.717, 1.165) is 16.4 Å². The fourth-order valence-corrected chi connectivity index (χ4v) is 3.81. The number of benzene rings is 2. The minimum Gasteiger partial charge on any atom is -0.367 e. The van der Waals surface area contributed by atoms with E-state index in [1.165, 1.54) is 45.3 Å². The van der Waals surface area contributed by atoms with E-state index >= 15 is 0 Å². The summed E-state index contributed by atoms with van der Waals surface area (Å²) in [7, 11) is -1.96. The number of nitrogens with one attached hydrogen (secondary N) is 2. The zero-order valence-corrected chi connectivity index (χ0v) is 20.1. The number of halogens is 5. The van der Waals surface area contributed by atoms with Crippen molar-refractivity contribution in [3.63, 3.8) is 0 Å². The molecular weight excluding hydrogens is 513 g/mol. The molecule has 1 aliphatic carbocycles. The first-order chi connectivity index (χ1) is 16.6. The Hall–Kier alpha value is -3.26. The van der Waals surface area contributed by atoms with E-state index in [4.69, 9.17) is 4.18 Å². The van der Waals surface area contributed by atoms with Gasteiger partial charge in [0.15, 0.2) is 11.6 Å². The maximum atomic E-state index is 15.0. The highest BCUT2D eigenvalue weighted by Crippen LogP contribution is 2.38. The van der Waals surface area contributed by atoms with Crippen molar-refractivity contribution < 1.29 is 44.1 Å². The van der Waals surface area contributed by atoms with Gasteiger partial charge >= 0.3 is 22.4 Å². The summed E-state index contributed by atoms with van der Waals surface area (Å²) in [5.74, 6) is -5.65. The molecule has 0 bridgehead atoms. The largest absolute Gasteiger partial charge is 0.471 e. The molecule has 0 radical (unpaired) electrons. The Morgan fingerprint density at radius 1 is 1.08 bits per heavy atom. The summed E-state index contributed by atoms with van der Waals surface area (Å²) < 4.78 is 96.8. The average molecular weight is 535 g/mol. The van der Waals surface area contributed by atoms with Crippen LogP contribution in [0.2, 0.25) is 0 Å². The Labute approximate surface area is 203 Å². The molecule has 2 amide bonds. The van der Waals surface area contributed by atoms with E-state index in [2.05, 4.69) is 5.32 Å². The molecule has 1 fully saturated rings. The molecule has 1 atom stereocenters. The van der Waals surface area contributed by atoms with E-state index < -0.39 is 57.3 Å². The van der Waals surface area contributed by atoms with E-state index in [0.29, 0.717) is 0 Å². The van der Waals surface area contributed by atoms with Gasteiger partial charge in [-0.3, -0.25) is 9.59 Å². The van der Waals surface area contributed by atoms with Crippen LogP contribution in [0.15, 0.2) is 36.4 Å². The van der Waals surface area contributed by atoms with E-state index in [-0.39, 0.29) is 29.5 Å². The molecule has 0 aliphatic heterocycles. The number of carbonyl (C=O) groups excluding carboxylic acids is 2. The molecule has 2 aromatic rings. The second kappa shape index (κ2) is 9.65. The Kier molecular flexibility index (Phi) is 7.33. The van der Waals surface area contributed by atoms with Crippen LogP contribution >= 0.6 is 0 Å². The number of rotatable bonds is 8. The Bertz CT molecular complexity index is 1290. The van der Waals surface area contributed by atoms with Crippen LogP contribution in [-0.2, 0) is 19.9 Å². The van der Waals surface area contributed by atoms with Gasteiger partial charge in [-0.1, -0.05) is 24.3 Å². The lowest BCUT2D eigenvalue weighted by atomic mass is 9.99. The molecular formula is C22H22F5N3O5S. The normalized spacial score (nSPS) is 15.8. The van der Waals surface area contributed by atoms with Gasteiger partial charge in [0, 0.05) is 25.2 Å². The number of carbonyl (C=O) groups is 2. The smallest absolute Gasteiger partial charge is 0.367 e. The number of hydrogen-bond acceptors (Lipinski definition) is 5. The molecule has 8 nitrogen and oxygen atoms in total. The maximum absolute atomic E-state index is 15.0. The molecule has 1 aliphatic rings. The number of alkyl halides is 3. The summed E-state index contributed by atoms with van der Waals surface area (Å²) in [5, 5.41) is 4.06. The topological polar surface area (TPSA) is 105 Å². The number of para-hydroxylation sites is 1. The standard InChI is InChI=1S/C22H22F5N3O5S/c1-12(28-19(31)21(9-10-21)29-20(32)22(25,26)27)14-8-7-13(11-17(14)24)15-5-4-6-16(23)18(15)35-36(33,34)30(2)3/h4-8,11-12H,9-10H2,1-3H3,(H,28,31)(H,29,32)/t12-/m1/s1. The second-order valence-electron chi connectivity index (χ2n) is 8.41. The molecule has 36 heavy (non-hydrogen) atoms. The first-order valence-corrected chi connectivity index (χ1v) is 11.8. The van der Waals surface area contributed by atoms with E-state index in [1.807, 2.05) is 0 Å². The van der Waals surface area contributed by atoms with Crippen molar-refractivity contribution in [1.82, 2.24) is 14.9 Å². The third kappa shape index (κ3) is 5.75. The molecule has 0 spiro atoms. The van der Waals surface area contributed by atoms with Gasteiger partial charge in [-0.05, 0) is 37.5 Å². The van der Waals surface area contributed by atoms with Gasteiger partial charge in [0.1, 0.15) is 11.4 Å². The van der Waals surface area contributed by atoms with Crippen LogP contribution in [-0.4, -0.2) is 50.3 Å². The molecule has 196 valence electrons. The third-order valence-electron chi connectivity index (χ3n) is 5.52. The monoisotopic (exact) mass is 535 g/mol. The highest BCUT2D eigenvalue weighted by Gasteiger charge is 2.55. The number of hydrogen-bond donors (Lipinski definition) is 2. The summed E-state index contributed by atoms with van der Waals surface area (Å²) in [5.41, 5.74) is -1.77. The molecule has 0 unspecified atom stereocenters. The predicted molar refractivity (Wildman–Crippen MR) is 118 cm³/mol. The van der Waals surface area contributed by atoms with Crippen molar-refractivity contribution in [3.05, 3.63) is 53.6 Å². The van der Waals surface area contributed by atoms with Crippen LogP contribution in [0.3, 0.4) is 0 Å². The van der Waals surface area contributed by atoms with Gasteiger partial charge in [0.2, 0.25) is 5.91 Å². The van der Waals surface area contributed by atoms with Gasteiger partial charge in [0.05, 0.1) is 6.04 Å². The summed E-state index contributed by atoms with van der Waals surface area (Å²) in [6.07, 6.45) is -5.17. The average Bonchev–Trinajstić information content (AvgIpc) is 3.54. The first-order valence-electron chi connectivity index (χ1n) is 10.5. The molecule has 0 heterocycles. The summed E-state index contributed by atoms with van der Waals surface area (Å²) in [6.45, 7) is 1.39. The predicted octanol–water partition coefficient (Wildman–Crippen LogP) is 3.21. The molecule has 1 saturated carbocycles. The van der Waals surface area contributed by atoms with Gasteiger partial charge in [-0.25, -0.2) is 8.78 Å². The van der Waals surface area contributed by atoms with Gasteiger partial charge in [0.25, 0.3) is 0 Å². The van der Waals surface area contributed by atoms with Crippen molar-refractivity contribution in [1.29, 1.82) is 0 Å². The van der Waals surface area contributed by atoms with Crippen LogP contribution in [0.25, 0.3) is 11.1 Å². The van der Waals surface area contributed by atoms with Crippen molar-refractivity contribution >= 4 is 22.1 Å². The lowest BCUT2D eigenvalue weighted by molar-refractivity contribution is -0.175. The molecule has 2 aromatic carbocycles. The lowest BCUT2D eigenvalue weighted by Gasteiger charge is -2.22. The van der Waals surface area contributed by atoms with Gasteiger partial charge < -0.3 is 14.8 Å². The second-order valence-corrected chi connectivity index (χ2v) is 10.2. The van der Waals surface area contributed by atoms with Crippen molar-refractivity contribution in [2.45, 2.75) is 37.5 Å². The Balaban J connectivity index is 1.82. The summed E-state index contributed by atoms with van der Waals surface area (Å²) in [6, 6.07) is 6.12. The van der Waals surface area contributed by atoms with Crippen molar-refractivity contribution in [2.75, 3.05) is 14.1 Å². The highest BCUT2D eigenvalue weighted by atomic mass is 32.2. The lowest BCUT2D eigenvalue weighted by Crippen LogP contribution is -2.53. The zero-order chi connectivity index (χ0) is 27.1. The fraction of sp³-hybridized carbons (Fsp3) is 0.364. The van der Waals surface area contributed by atoms with Crippen molar-refractivity contribution in [2.24, 2.45) is 0 Å². The summed E-state index contributed by atoms with van der Waals surface area (Å²) in [4.78, 5) is 23.7. The molecule has 2 N–H and O–H groups in total. The maximum Gasteiger partial charge on any atom is 0.471 e. The summed E-state index contributed by atoms with van der Waals surface area (Å²) >= 11 is 0. The van der Waals surface area contributed by atoms with Crippen LogP contribution in [0, 0.1) is 11.6 Å². The third-order valence-corrected chi connectivity index (χ3v) is 6.80. The Morgan fingerprint density at radius 3 is 2.25 bits per heavy atom. The number of amides is 2. The van der Waals surface area contributed by atoms with Crippen LogP contribution in [0.4, 0.5) is 22.0 Å². The SMILES string of the molecule is C[C@@H](NC(=O)C1(NC(=O)C(F)(F)F)CC1)c1ccc(-c2cccc(F)c2OS(=O)(=O)N(C)C)cc1F. The minimum absolute atomic E-state index is 0.00695. The molecule has 0 saturated heterocycles. The molecule has 14 heteroatoms. The van der Waals surface area contributed by atoms with Gasteiger partial charge in [-0.2, -0.15) is 25.9 Å². The Morgan fingerprint density at radius 2 is 1.72 bits per heavy atom. The quantitative estimate of drug-likeness (QED) is 0.506. The van der Waals surface area contributed by atoms with Gasteiger partial charge in [-0.15, -0.1) is 0 Å². The molecule has 3 rings (SSSR count). The number of nitrogens with zero attached hydrogens (tertiary/aromatic N) is 1.